The Labute approximate surface area is 70.1 Å². The number of rotatable bonds is 2. The van der Waals surface area contributed by atoms with E-state index < -0.39 is 0 Å². The van der Waals surface area contributed by atoms with E-state index in [1.807, 2.05) is 6.92 Å². The summed E-state index contributed by atoms with van der Waals surface area (Å²) < 4.78 is 3.75. The Kier molecular flexibility index (Phi) is 2.50. The molecule has 3 heteroatoms. The molecule has 0 spiro atoms. The molecule has 0 fully saturated rings. The largest absolute Gasteiger partial charge is 0.493 e. The van der Waals surface area contributed by atoms with Crippen molar-refractivity contribution in [2.24, 2.45) is 0 Å². The fourth-order valence-corrected chi connectivity index (χ4v) is 1.46. The smallest absolute Gasteiger partial charge is 0.222 e. The molecule has 1 atom stereocenters. The Morgan fingerprint density at radius 3 is 3.09 bits per heavy atom. The Morgan fingerprint density at radius 1 is 1.91 bits per heavy atom. The van der Waals surface area contributed by atoms with Gasteiger partial charge < -0.3 is 5.11 Å². The van der Waals surface area contributed by atoms with Crippen LogP contribution in [0, 0.1) is 12.3 Å². The molecule has 58 valence electrons. The lowest BCUT2D eigenvalue weighted by molar-refractivity contribution is 0.459. The monoisotopic (exact) mass is 167 g/mol. The third kappa shape index (κ3) is 1.95. The van der Waals surface area contributed by atoms with Crippen LogP contribution < -0.4 is 0 Å². The van der Waals surface area contributed by atoms with Crippen LogP contribution in [-0.2, 0) is 0 Å². The van der Waals surface area contributed by atoms with Crippen molar-refractivity contribution in [2.75, 3.05) is 0 Å². The van der Waals surface area contributed by atoms with Gasteiger partial charge in [0.1, 0.15) is 0 Å². The maximum Gasteiger partial charge on any atom is 0.222 e. The van der Waals surface area contributed by atoms with Crippen molar-refractivity contribution < 1.29 is 5.11 Å². The van der Waals surface area contributed by atoms with E-state index in [0.29, 0.717) is 12.3 Å². The highest BCUT2D eigenvalue weighted by Crippen LogP contribution is 2.25. The minimum absolute atomic E-state index is 0.0915. The van der Waals surface area contributed by atoms with Crippen molar-refractivity contribution in [3.63, 3.8) is 0 Å². The van der Waals surface area contributed by atoms with Crippen molar-refractivity contribution in [2.45, 2.75) is 19.3 Å². The maximum absolute atomic E-state index is 8.92. The molecule has 0 saturated carbocycles. The second kappa shape index (κ2) is 3.40. The van der Waals surface area contributed by atoms with Gasteiger partial charge in [-0.05, 0) is 11.5 Å². The average molecular weight is 167 g/mol. The zero-order valence-corrected chi connectivity index (χ0v) is 7.06. The molecule has 0 aliphatic rings. The van der Waals surface area contributed by atoms with Crippen LogP contribution >= 0.6 is 11.5 Å². The number of hydrogen-bond acceptors (Lipinski definition) is 3. The van der Waals surface area contributed by atoms with Crippen LogP contribution in [0.25, 0.3) is 0 Å². The van der Waals surface area contributed by atoms with Crippen LogP contribution in [0.4, 0.5) is 0 Å². The second-order valence-corrected chi connectivity index (χ2v) is 3.23. The Bertz CT molecular complexity index is 274. The molecule has 0 saturated heterocycles. The summed E-state index contributed by atoms with van der Waals surface area (Å²) in [5.74, 6) is 2.97. The first kappa shape index (κ1) is 8.09. The standard InChI is InChI=1S/C8H9NOS/c1-3-4-6(2)7-5-8(10)9-11-7/h1,5-6H,4H2,2H3,(H,9,10)/t6-/m0/s1. The zero-order valence-electron chi connectivity index (χ0n) is 6.24. The fourth-order valence-electron chi connectivity index (χ4n) is 0.789. The molecule has 0 aliphatic carbocycles. The topological polar surface area (TPSA) is 33.1 Å². The van der Waals surface area contributed by atoms with Gasteiger partial charge in [-0.3, -0.25) is 0 Å². The van der Waals surface area contributed by atoms with E-state index >= 15 is 0 Å². The molecule has 11 heavy (non-hydrogen) atoms. The van der Waals surface area contributed by atoms with E-state index in [4.69, 9.17) is 11.5 Å². The van der Waals surface area contributed by atoms with Gasteiger partial charge in [0.05, 0.1) is 0 Å². The van der Waals surface area contributed by atoms with Gasteiger partial charge in [-0.15, -0.1) is 12.3 Å². The quantitative estimate of drug-likeness (QED) is 0.683. The molecule has 0 radical (unpaired) electrons. The molecule has 1 rings (SSSR count). The van der Waals surface area contributed by atoms with Crippen LogP contribution in [0.5, 0.6) is 5.88 Å². The first-order valence-corrected chi connectivity index (χ1v) is 4.10. The van der Waals surface area contributed by atoms with Crippen LogP contribution in [-0.4, -0.2) is 9.48 Å². The number of aromatic hydroxyl groups is 1. The molecule has 1 aromatic rings. The first-order valence-electron chi connectivity index (χ1n) is 3.33. The van der Waals surface area contributed by atoms with E-state index in [2.05, 4.69) is 10.3 Å². The molecule has 2 nitrogen and oxygen atoms in total. The highest BCUT2D eigenvalue weighted by atomic mass is 32.1. The van der Waals surface area contributed by atoms with Crippen molar-refractivity contribution >= 4 is 11.5 Å². The summed E-state index contributed by atoms with van der Waals surface area (Å²) in [7, 11) is 0. The van der Waals surface area contributed by atoms with Gasteiger partial charge in [0, 0.05) is 23.3 Å². The Morgan fingerprint density at radius 2 is 2.64 bits per heavy atom. The molecule has 0 bridgehead atoms. The second-order valence-electron chi connectivity index (χ2n) is 2.40. The number of aromatic nitrogens is 1. The molecule has 0 aromatic carbocycles. The van der Waals surface area contributed by atoms with Gasteiger partial charge in [-0.25, -0.2) is 0 Å². The van der Waals surface area contributed by atoms with E-state index in [1.54, 1.807) is 6.07 Å². The van der Waals surface area contributed by atoms with Crippen molar-refractivity contribution in [3.05, 3.63) is 10.9 Å². The lowest BCUT2D eigenvalue weighted by atomic mass is 10.1. The predicted octanol–water partition coefficient (Wildman–Crippen LogP) is 1.98. The van der Waals surface area contributed by atoms with Gasteiger partial charge in [-0.2, -0.15) is 4.37 Å². The SMILES string of the molecule is C#CC[C@H](C)c1cc(O)ns1. The van der Waals surface area contributed by atoms with Crippen LogP contribution in [0.1, 0.15) is 24.1 Å². The van der Waals surface area contributed by atoms with E-state index in [1.165, 1.54) is 11.5 Å². The summed E-state index contributed by atoms with van der Waals surface area (Å²) >= 11 is 1.30. The highest BCUT2D eigenvalue weighted by Gasteiger charge is 2.07. The molecule has 1 aromatic heterocycles. The van der Waals surface area contributed by atoms with Crippen molar-refractivity contribution in [1.29, 1.82) is 0 Å². The lowest BCUT2D eigenvalue weighted by Crippen LogP contribution is -1.86. The number of hydrogen-bond donors (Lipinski definition) is 1. The summed E-state index contributed by atoms with van der Waals surface area (Å²) in [6.45, 7) is 2.02. The fraction of sp³-hybridized carbons (Fsp3) is 0.375. The molecular formula is C8H9NOS. The minimum atomic E-state index is 0.0915. The highest BCUT2D eigenvalue weighted by molar-refractivity contribution is 7.06. The third-order valence-corrected chi connectivity index (χ3v) is 2.44. The van der Waals surface area contributed by atoms with Crippen molar-refractivity contribution in [3.8, 4) is 18.2 Å². The lowest BCUT2D eigenvalue weighted by Gasteiger charge is -2.00. The predicted molar refractivity (Wildman–Crippen MR) is 45.6 cm³/mol. The maximum atomic E-state index is 8.92. The third-order valence-electron chi connectivity index (χ3n) is 1.43. The summed E-state index contributed by atoms with van der Waals surface area (Å²) in [6, 6.07) is 1.66. The minimum Gasteiger partial charge on any atom is -0.493 e. The molecule has 0 amide bonds. The summed E-state index contributed by atoms with van der Waals surface area (Å²) in [5, 5.41) is 8.92. The van der Waals surface area contributed by atoms with Crippen LogP contribution in [0.2, 0.25) is 0 Å². The molecule has 0 unspecified atom stereocenters. The summed E-state index contributed by atoms with van der Waals surface area (Å²) in [5.41, 5.74) is 0. The van der Waals surface area contributed by atoms with E-state index in [0.717, 1.165) is 4.88 Å². The normalized spacial score (nSPS) is 12.4. The van der Waals surface area contributed by atoms with E-state index in [-0.39, 0.29) is 5.88 Å². The molecule has 1 heterocycles. The summed E-state index contributed by atoms with van der Waals surface area (Å²) in [4.78, 5) is 1.04. The average Bonchev–Trinajstić information content (AvgIpc) is 2.36. The number of terminal acetylenes is 1. The van der Waals surface area contributed by atoms with Gasteiger partial charge in [0.15, 0.2) is 0 Å². The Balaban J connectivity index is 2.70. The molecular weight excluding hydrogens is 158 g/mol. The van der Waals surface area contributed by atoms with Crippen molar-refractivity contribution in [1.82, 2.24) is 4.37 Å². The van der Waals surface area contributed by atoms with Gasteiger partial charge >= 0.3 is 0 Å². The Hall–Kier alpha value is -1.01. The van der Waals surface area contributed by atoms with Crippen LogP contribution in [0.3, 0.4) is 0 Å². The number of nitrogens with zero attached hydrogens (tertiary/aromatic N) is 1. The first-order chi connectivity index (χ1) is 5.24. The zero-order chi connectivity index (χ0) is 8.27. The van der Waals surface area contributed by atoms with Gasteiger partial charge in [-0.1, -0.05) is 6.92 Å². The van der Waals surface area contributed by atoms with E-state index in [9.17, 15) is 0 Å². The molecule has 0 aliphatic heterocycles. The van der Waals surface area contributed by atoms with Gasteiger partial charge in [0.2, 0.25) is 5.88 Å². The molecule has 1 N–H and O–H groups in total. The van der Waals surface area contributed by atoms with Gasteiger partial charge in [0.25, 0.3) is 0 Å². The van der Waals surface area contributed by atoms with Crippen LogP contribution in [0.15, 0.2) is 6.07 Å². The summed E-state index contributed by atoms with van der Waals surface area (Å²) in [6.07, 6.45) is 5.84.